The van der Waals surface area contributed by atoms with Crippen molar-refractivity contribution in [1.29, 1.82) is 0 Å². The van der Waals surface area contributed by atoms with E-state index >= 15 is 0 Å². The molecule has 0 amide bonds. The van der Waals surface area contributed by atoms with Crippen LogP contribution >= 0.6 is 0 Å². The van der Waals surface area contributed by atoms with Gasteiger partial charge in [-0.3, -0.25) is 0 Å². The molecule has 0 aliphatic heterocycles. The first-order valence-electron chi connectivity index (χ1n) is 5.35. The highest BCUT2D eigenvalue weighted by Crippen LogP contribution is 2.03. The summed E-state index contributed by atoms with van der Waals surface area (Å²) >= 11 is 0. The zero-order valence-electron chi connectivity index (χ0n) is 10.1. The molecule has 0 aliphatic rings. The fourth-order valence-electron chi connectivity index (χ4n) is 1.24. The molecule has 0 fully saturated rings. The summed E-state index contributed by atoms with van der Waals surface area (Å²) in [5, 5.41) is 4.67. The zero-order chi connectivity index (χ0) is 12.0. The van der Waals surface area contributed by atoms with Gasteiger partial charge in [-0.15, -0.1) is 0 Å². The van der Waals surface area contributed by atoms with Gasteiger partial charge in [-0.2, -0.15) is 5.10 Å². The Kier molecular flexibility index (Phi) is 4.33. The van der Waals surface area contributed by atoms with Gasteiger partial charge in [-0.25, -0.2) is 0 Å². The maximum Gasteiger partial charge on any atom is 0.115 e. The Morgan fingerprint density at radius 1 is 1.25 bits per heavy atom. The smallest absolute Gasteiger partial charge is 0.115 e. The normalized spacial score (nSPS) is 11.8. The molecule has 84 valence electrons. The fraction of sp³-hybridized carbons (Fsp3) is 0.308. The second-order valence-corrected chi connectivity index (χ2v) is 9.67. The first-order chi connectivity index (χ1) is 7.54. The van der Waals surface area contributed by atoms with Gasteiger partial charge in [0.1, 0.15) is 8.07 Å². The summed E-state index contributed by atoms with van der Waals surface area (Å²) in [7, 11) is -1.47. The Balaban J connectivity index is 2.69. The largest absolute Gasteiger partial charge is 0.323 e. The summed E-state index contributed by atoms with van der Waals surface area (Å²) in [5.41, 5.74) is 1.22. The molecule has 1 rings (SSSR count). The van der Waals surface area contributed by atoms with Crippen LogP contribution < -0.4 is 5.84 Å². The van der Waals surface area contributed by atoms with Crippen molar-refractivity contribution in [3.8, 4) is 11.8 Å². The third-order valence-electron chi connectivity index (χ3n) is 2.18. The van der Waals surface area contributed by atoms with Crippen molar-refractivity contribution in [3.05, 3.63) is 35.9 Å². The molecule has 0 radical (unpaired) electrons. The minimum atomic E-state index is -1.47. The molecule has 0 aromatic heterocycles. The van der Waals surface area contributed by atoms with Crippen LogP contribution in [0, 0.1) is 11.8 Å². The van der Waals surface area contributed by atoms with E-state index in [4.69, 9.17) is 5.84 Å². The first-order valence-corrected chi connectivity index (χ1v) is 8.85. The molecule has 0 aliphatic carbocycles. The van der Waals surface area contributed by atoms with Crippen molar-refractivity contribution in [1.82, 2.24) is 0 Å². The molecule has 0 heterocycles. The summed E-state index contributed by atoms with van der Waals surface area (Å²) in [5.74, 6) is 11.6. The summed E-state index contributed by atoms with van der Waals surface area (Å²) in [6.07, 6.45) is 0.754. The summed E-state index contributed by atoms with van der Waals surface area (Å²) in [6.45, 7) is 6.57. The van der Waals surface area contributed by atoms with Gasteiger partial charge in [0, 0.05) is 6.42 Å². The van der Waals surface area contributed by atoms with Gasteiger partial charge in [0.25, 0.3) is 0 Å². The predicted molar refractivity (Wildman–Crippen MR) is 72.9 cm³/mol. The predicted octanol–water partition coefficient (Wildman–Crippen LogP) is 2.42. The second-order valence-electron chi connectivity index (χ2n) is 4.69. The Hall–Kier alpha value is -1.53. The number of rotatable bonds is 2. The molecule has 0 saturated heterocycles. The SMILES string of the molecule is C[Si](C)(C)/C(C#CCc1ccccc1)=N\N. The van der Waals surface area contributed by atoms with Crippen LogP contribution in [0.3, 0.4) is 0 Å². The lowest BCUT2D eigenvalue weighted by Crippen LogP contribution is -2.33. The van der Waals surface area contributed by atoms with E-state index in [9.17, 15) is 0 Å². The summed E-state index contributed by atoms with van der Waals surface area (Å²) in [6, 6.07) is 10.2. The van der Waals surface area contributed by atoms with Crippen LogP contribution in [-0.2, 0) is 6.42 Å². The molecule has 2 nitrogen and oxygen atoms in total. The quantitative estimate of drug-likeness (QED) is 0.274. The Labute approximate surface area is 98.6 Å². The molecule has 2 N–H and O–H groups in total. The van der Waals surface area contributed by atoms with Crippen molar-refractivity contribution < 1.29 is 0 Å². The number of hydrogen-bond donors (Lipinski definition) is 1. The summed E-state index contributed by atoms with van der Waals surface area (Å²) in [4.78, 5) is 0. The maximum atomic E-state index is 5.36. The van der Waals surface area contributed by atoms with Gasteiger partial charge in [0.2, 0.25) is 0 Å². The lowest BCUT2D eigenvalue weighted by Gasteiger charge is -2.12. The number of hydrazone groups is 1. The monoisotopic (exact) mass is 230 g/mol. The van der Waals surface area contributed by atoms with Gasteiger partial charge < -0.3 is 5.84 Å². The van der Waals surface area contributed by atoms with Crippen LogP contribution in [0.15, 0.2) is 35.4 Å². The van der Waals surface area contributed by atoms with E-state index in [0.717, 1.165) is 11.8 Å². The molecule has 1 aromatic carbocycles. The van der Waals surface area contributed by atoms with E-state index in [1.165, 1.54) is 5.56 Å². The van der Waals surface area contributed by atoms with E-state index in [1.54, 1.807) is 0 Å². The highest BCUT2D eigenvalue weighted by Gasteiger charge is 2.19. The maximum absolute atomic E-state index is 5.36. The average Bonchev–Trinajstić information content (AvgIpc) is 2.24. The molecule has 0 spiro atoms. The molecule has 16 heavy (non-hydrogen) atoms. The second kappa shape index (κ2) is 5.52. The molecular formula is C13H18N2Si. The Morgan fingerprint density at radius 3 is 2.38 bits per heavy atom. The van der Waals surface area contributed by atoms with Crippen molar-refractivity contribution in [2.24, 2.45) is 10.9 Å². The minimum absolute atomic E-state index is 0.754. The fourth-order valence-corrected chi connectivity index (χ4v) is 2.09. The van der Waals surface area contributed by atoms with Crippen molar-refractivity contribution in [3.63, 3.8) is 0 Å². The summed E-state index contributed by atoms with van der Waals surface area (Å²) < 4.78 is 0. The lowest BCUT2D eigenvalue weighted by molar-refractivity contribution is 1.26. The number of benzene rings is 1. The van der Waals surface area contributed by atoms with Crippen molar-refractivity contribution >= 4 is 13.4 Å². The Morgan fingerprint density at radius 2 is 1.88 bits per heavy atom. The van der Waals surface area contributed by atoms with Crippen LogP contribution in [0.4, 0.5) is 0 Å². The number of nitrogens with zero attached hydrogens (tertiary/aromatic N) is 1. The van der Waals surface area contributed by atoms with Gasteiger partial charge in [0.15, 0.2) is 0 Å². The van der Waals surface area contributed by atoms with Gasteiger partial charge >= 0.3 is 0 Å². The van der Waals surface area contributed by atoms with Crippen molar-refractivity contribution in [2.45, 2.75) is 26.1 Å². The van der Waals surface area contributed by atoms with Gasteiger partial charge in [-0.1, -0.05) is 61.8 Å². The van der Waals surface area contributed by atoms with E-state index in [1.807, 2.05) is 18.2 Å². The van der Waals surface area contributed by atoms with Gasteiger partial charge in [-0.05, 0) is 5.56 Å². The number of hydrogen-bond acceptors (Lipinski definition) is 2. The molecule has 1 aromatic rings. The van der Waals surface area contributed by atoms with Crippen LogP contribution in [0.2, 0.25) is 19.6 Å². The van der Waals surface area contributed by atoms with Crippen LogP contribution in [0.25, 0.3) is 0 Å². The van der Waals surface area contributed by atoms with Crippen molar-refractivity contribution in [2.75, 3.05) is 0 Å². The van der Waals surface area contributed by atoms with Crippen LogP contribution in [0.1, 0.15) is 5.56 Å². The third-order valence-corrected chi connectivity index (χ3v) is 3.86. The molecule has 0 unspecified atom stereocenters. The highest BCUT2D eigenvalue weighted by atomic mass is 28.3. The minimum Gasteiger partial charge on any atom is -0.323 e. The van der Waals surface area contributed by atoms with Crippen LogP contribution in [0.5, 0.6) is 0 Å². The molecular weight excluding hydrogens is 212 g/mol. The average molecular weight is 230 g/mol. The van der Waals surface area contributed by atoms with E-state index in [2.05, 4.69) is 48.7 Å². The molecule has 0 saturated carbocycles. The van der Waals surface area contributed by atoms with E-state index in [-0.39, 0.29) is 0 Å². The first kappa shape index (κ1) is 12.5. The van der Waals surface area contributed by atoms with Gasteiger partial charge in [0.05, 0.1) is 5.33 Å². The standard InChI is InChI=1S/C13H18N2Si/c1-16(2,3)13(15-14)11-7-10-12-8-5-4-6-9-12/h4-6,8-9H,10,14H2,1-3H3/b15-13-. The topological polar surface area (TPSA) is 38.4 Å². The zero-order valence-corrected chi connectivity index (χ0v) is 11.1. The highest BCUT2D eigenvalue weighted by molar-refractivity contribution is 7.06. The van der Waals surface area contributed by atoms with E-state index < -0.39 is 8.07 Å². The van der Waals surface area contributed by atoms with Crippen LogP contribution in [-0.4, -0.2) is 13.4 Å². The molecule has 0 bridgehead atoms. The lowest BCUT2D eigenvalue weighted by atomic mass is 10.2. The molecule has 3 heteroatoms. The number of nitrogens with two attached hydrogens (primary N) is 1. The molecule has 0 atom stereocenters. The Bertz CT molecular complexity index is 419. The third kappa shape index (κ3) is 3.91. The van der Waals surface area contributed by atoms with E-state index in [0.29, 0.717) is 0 Å².